The van der Waals surface area contributed by atoms with E-state index in [-0.39, 0.29) is 11.4 Å². The van der Waals surface area contributed by atoms with E-state index in [0.29, 0.717) is 32.8 Å². The standard InChI is InChI=1S/C25H25ClN2O5S/c1-16-14-22(17(2)13-21(16)26)34(31,32)28(23(24(27)29)19-7-5-4-6-8-19)15-18-9-11-20(12-10-18)25(30)33-3/h4-14,23H,15H2,1-3H3,(H2,27,29)/t23-/m1/s1. The first-order valence-corrected chi connectivity index (χ1v) is 12.2. The Labute approximate surface area is 204 Å². The Morgan fingerprint density at radius 1 is 1.00 bits per heavy atom. The molecule has 34 heavy (non-hydrogen) atoms. The maximum Gasteiger partial charge on any atom is 0.337 e. The molecule has 3 aromatic rings. The molecule has 0 radical (unpaired) electrons. The van der Waals surface area contributed by atoms with Crippen LogP contribution in [0.5, 0.6) is 0 Å². The summed E-state index contributed by atoms with van der Waals surface area (Å²) in [5.74, 6) is -1.33. The third kappa shape index (κ3) is 5.30. The van der Waals surface area contributed by atoms with E-state index >= 15 is 0 Å². The second kappa shape index (κ2) is 10.4. The van der Waals surface area contributed by atoms with Crippen molar-refractivity contribution in [1.82, 2.24) is 4.31 Å². The normalized spacial score (nSPS) is 12.4. The Kier molecular flexibility index (Phi) is 7.76. The quantitative estimate of drug-likeness (QED) is 0.467. The van der Waals surface area contributed by atoms with Crippen LogP contribution in [0, 0.1) is 13.8 Å². The summed E-state index contributed by atoms with van der Waals surface area (Å²) in [4.78, 5) is 24.4. The molecule has 1 amide bonds. The van der Waals surface area contributed by atoms with Crippen LogP contribution in [0.3, 0.4) is 0 Å². The van der Waals surface area contributed by atoms with Gasteiger partial charge in [-0.1, -0.05) is 54.1 Å². The van der Waals surface area contributed by atoms with Gasteiger partial charge in [-0.3, -0.25) is 4.79 Å². The summed E-state index contributed by atoms with van der Waals surface area (Å²) in [5.41, 5.74) is 8.09. The van der Waals surface area contributed by atoms with Crippen molar-refractivity contribution < 1.29 is 22.7 Å². The van der Waals surface area contributed by atoms with Crippen LogP contribution >= 0.6 is 11.6 Å². The van der Waals surface area contributed by atoms with Crippen LogP contribution in [-0.4, -0.2) is 31.7 Å². The van der Waals surface area contributed by atoms with Gasteiger partial charge in [0, 0.05) is 11.6 Å². The maximum atomic E-state index is 14.0. The van der Waals surface area contributed by atoms with Crippen LogP contribution in [0.1, 0.15) is 38.7 Å². The van der Waals surface area contributed by atoms with E-state index in [2.05, 4.69) is 0 Å². The lowest BCUT2D eigenvalue weighted by Crippen LogP contribution is -2.41. The van der Waals surface area contributed by atoms with Crippen molar-refractivity contribution >= 4 is 33.5 Å². The van der Waals surface area contributed by atoms with Crippen molar-refractivity contribution in [3.05, 3.63) is 99.6 Å². The van der Waals surface area contributed by atoms with E-state index in [0.717, 1.165) is 4.31 Å². The van der Waals surface area contributed by atoms with E-state index < -0.39 is 27.9 Å². The van der Waals surface area contributed by atoms with Crippen LogP contribution in [0.2, 0.25) is 5.02 Å². The zero-order valence-electron chi connectivity index (χ0n) is 19.0. The van der Waals surface area contributed by atoms with Crippen LogP contribution in [-0.2, 0) is 26.1 Å². The number of rotatable bonds is 8. The molecule has 0 spiro atoms. The van der Waals surface area contributed by atoms with Gasteiger partial charge in [-0.25, -0.2) is 13.2 Å². The van der Waals surface area contributed by atoms with Gasteiger partial charge in [0.1, 0.15) is 6.04 Å². The largest absolute Gasteiger partial charge is 0.465 e. The fourth-order valence-electron chi connectivity index (χ4n) is 3.63. The minimum absolute atomic E-state index is 0.0303. The molecule has 3 rings (SSSR count). The molecule has 0 bridgehead atoms. The number of primary amides is 1. The van der Waals surface area contributed by atoms with Gasteiger partial charge < -0.3 is 10.5 Å². The molecule has 0 saturated heterocycles. The fraction of sp³-hybridized carbons (Fsp3) is 0.200. The number of hydrogen-bond acceptors (Lipinski definition) is 5. The second-order valence-corrected chi connectivity index (χ2v) is 10.1. The molecule has 0 aliphatic heterocycles. The van der Waals surface area contributed by atoms with Crippen molar-refractivity contribution in [2.75, 3.05) is 7.11 Å². The van der Waals surface area contributed by atoms with Gasteiger partial charge in [-0.15, -0.1) is 0 Å². The molecule has 3 aromatic carbocycles. The molecular formula is C25H25ClN2O5S. The highest BCUT2D eigenvalue weighted by Gasteiger charge is 2.37. The Morgan fingerprint density at radius 3 is 2.18 bits per heavy atom. The van der Waals surface area contributed by atoms with Crippen molar-refractivity contribution in [2.24, 2.45) is 5.73 Å². The average molecular weight is 501 g/mol. The van der Waals surface area contributed by atoms with Crippen LogP contribution in [0.25, 0.3) is 0 Å². The molecule has 0 aromatic heterocycles. The summed E-state index contributed by atoms with van der Waals surface area (Å²) < 4.78 is 33.7. The molecule has 0 heterocycles. The Hall–Kier alpha value is -3.20. The third-order valence-corrected chi connectivity index (χ3v) is 7.79. The number of aryl methyl sites for hydroxylation is 2. The number of ether oxygens (including phenoxy) is 1. The number of hydrogen-bond donors (Lipinski definition) is 1. The summed E-state index contributed by atoms with van der Waals surface area (Å²) in [6.07, 6.45) is 0. The van der Waals surface area contributed by atoms with Crippen molar-refractivity contribution in [2.45, 2.75) is 31.3 Å². The van der Waals surface area contributed by atoms with Crippen LogP contribution < -0.4 is 5.73 Å². The number of esters is 1. The van der Waals surface area contributed by atoms with Gasteiger partial charge in [0.2, 0.25) is 15.9 Å². The first-order chi connectivity index (χ1) is 16.1. The summed E-state index contributed by atoms with van der Waals surface area (Å²) in [6.45, 7) is 3.19. The molecule has 0 aliphatic carbocycles. The highest BCUT2D eigenvalue weighted by Crippen LogP contribution is 2.33. The summed E-state index contributed by atoms with van der Waals surface area (Å²) >= 11 is 6.19. The summed E-state index contributed by atoms with van der Waals surface area (Å²) in [7, 11) is -2.93. The van der Waals surface area contributed by atoms with E-state index in [4.69, 9.17) is 22.1 Å². The lowest BCUT2D eigenvalue weighted by molar-refractivity contribution is -0.122. The number of halogens is 1. The molecule has 0 aliphatic rings. The third-order valence-electron chi connectivity index (χ3n) is 5.43. The lowest BCUT2D eigenvalue weighted by Gasteiger charge is -2.30. The number of nitrogens with zero attached hydrogens (tertiary/aromatic N) is 1. The molecule has 7 nitrogen and oxygen atoms in total. The smallest absolute Gasteiger partial charge is 0.337 e. The Balaban J connectivity index is 2.16. The van der Waals surface area contributed by atoms with Crippen LogP contribution in [0.15, 0.2) is 71.6 Å². The number of benzene rings is 3. The number of sulfonamides is 1. The summed E-state index contributed by atoms with van der Waals surface area (Å²) in [5, 5.41) is 0.441. The number of methoxy groups -OCH3 is 1. The maximum absolute atomic E-state index is 14.0. The first kappa shape index (κ1) is 25.4. The van der Waals surface area contributed by atoms with Gasteiger partial charge >= 0.3 is 5.97 Å². The fourth-order valence-corrected chi connectivity index (χ4v) is 5.71. The second-order valence-electron chi connectivity index (χ2n) is 7.82. The zero-order valence-corrected chi connectivity index (χ0v) is 20.6. The van der Waals surface area contributed by atoms with E-state index in [9.17, 15) is 18.0 Å². The number of amides is 1. The van der Waals surface area contributed by atoms with E-state index in [1.165, 1.54) is 25.3 Å². The first-order valence-electron chi connectivity index (χ1n) is 10.4. The van der Waals surface area contributed by atoms with Gasteiger partial charge in [0.15, 0.2) is 0 Å². The van der Waals surface area contributed by atoms with Crippen molar-refractivity contribution in [3.8, 4) is 0 Å². The molecule has 1 atom stereocenters. The summed E-state index contributed by atoms with van der Waals surface area (Å²) in [6, 6.07) is 16.6. The zero-order chi connectivity index (χ0) is 25.0. The Morgan fingerprint density at radius 2 is 1.62 bits per heavy atom. The van der Waals surface area contributed by atoms with Crippen molar-refractivity contribution in [1.29, 1.82) is 0 Å². The molecule has 0 unspecified atom stereocenters. The molecule has 0 saturated carbocycles. The topological polar surface area (TPSA) is 107 Å². The minimum atomic E-state index is -4.21. The SMILES string of the molecule is COC(=O)c1ccc(CN([C@@H](C(N)=O)c2ccccc2)S(=O)(=O)c2cc(C)c(Cl)cc2C)cc1. The van der Waals surface area contributed by atoms with Gasteiger partial charge in [-0.05, 0) is 60.4 Å². The Bertz CT molecular complexity index is 1310. The molecule has 0 fully saturated rings. The van der Waals surface area contributed by atoms with Crippen LogP contribution in [0.4, 0.5) is 0 Å². The highest BCUT2D eigenvalue weighted by atomic mass is 35.5. The molecule has 178 valence electrons. The van der Waals surface area contributed by atoms with Gasteiger partial charge in [0.25, 0.3) is 0 Å². The predicted molar refractivity (Wildman–Crippen MR) is 130 cm³/mol. The minimum Gasteiger partial charge on any atom is -0.465 e. The molecule has 9 heteroatoms. The van der Waals surface area contributed by atoms with E-state index in [1.54, 1.807) is 62.4 Å². The van der Waals surface area contributed by atoms with Gasteiger partial charge in [-0.2, -0.15) is 4.31 Å². The van der Waals surface area contributed by atoms with Crippen molar-refractivity contribution in [3.63, 3.8) is 0 Å². The predicted octanol–water partition coefficient (Wildman–Crippen LogP) is 4.16. The molecular weight excluding hydrogens is 476 g/mol. The monoisotopic (exact) mass is 500 g/mol. The number of carbonyl (C=O) groups excluding carboxylic acids is 2. The number of carbonyl (C=O) groups is 2. The average Bonchev–Trinajstić information content (AvgIpc) is 2.81. The van der Waals surface area contributed by atoms with E-state index in [1.807, 2.05) is 0 Å². The van der Waals surface area contributed by atoms with Gasteiger partial charge in [0.05, 0.1) is 17.6 Å². The molecule has 2 N–H and O–H groups in total. The highest BCUT2D eigenvalue weighted by molar-refractivity contribution is 7.89. The lowest BCUT2D eigenvalue weighted by atomic mass is 10.1. The number of nitrogens with two attached hydrogens (primary N) is 1.